The third-order valence-corrected chi connectivity index (χ3v) is 4.70. The minimum Gasteiger partial charge on any atom is -0.320 e. The molecule has 1 aliphatic rings. The Bertz CT molecular complexity index is 429. The van der Waals surface area contributed by atoms with Crippen molar-refractivity contribution in [1.82, 2.24) is 4.90 Å². The molecule has 1 heterocycles. The molecular formula is C17H27FN2. The normalized spacial score (nSPS) is 20.8. The molecule has 2 unspecified atom stereocenters. The van der Waals surface area contributed by atoms with Gasteiger partial charge in [0.05, 0.1) is 5.54 Å². The molecule has 0 amide bonds. The molecule has 1 aromatic carbocycles. The van der Waals surface area contributed by atoms with E-state index in [1.165, 1.54) is 18.9 Å². The van der Waals surface area contributed by atoms with Gasteiger partial charge in [0.2, 0.25) is 0 Å². The molecule has 0 spiro atoms. The van der Waals surface area contributed by atoms with Gasteiger partial charge >= 0.3 is 0 Å². The number of hydrogen-bond donors (Lipinski definition) is 1. The highest BCUT2D eigenvalue weighted by Crippen LogP contribution is 2.35. The van der Waals surface area contributed by atoms with Crippen LogP contribution < -0.4 is 5.73 Å². The van der Waals surface area contributed by atoms with Gasteiger partial charge in [0.1, 0.15) is 5.82 Å². The van der Waals surface area contributed by atoms with Crippen LogP contribution in [-0.4, -0.2) is 24.0 Å². The predicted octanol–water partition coefficient (Wildman–Crippen LogP) is 3.65. The van der Waals surface area contributed by atoms with Gasteiger partial charge in [0, 0.05) is 11.6 Å². The Morgan fingerprint density at radius 1 is 1.25 bits per heavy atom. The van der Waals surface area contributed by atoms with Crippen LogP contribution in [0.5, 0.6) is 0 Å². The summed E-state index contributed by atoms with van der Waals surface area (Å²) in [5.41, 5.74) is 6.83. The summed E-state index contributed by atoms with van der Waals surface area (Å²) in [5, 5.41) is 0. The van der Waals surface area contributed by atoms with Crippen molar-refractivity contribution in [2.24, 2.45) is 5.73 Å². The van der Waals surface area contributed by atoms with Crippen LogP contribution in [0.15, 0.2) is 24.3 Å². The summed E-state index contributed by atoms with van der Waals surface area (Å²) in [7, 11) is 0. The fourth-order valence-electron chi connectivity index (χ4n) is 3.54. The van der Waals surface area contributed by atoms with E-state index >= 15 is 0 Å². The lowest BCUT2D eigenvalue weighted by Crippen LogP contribution is -2.55. The molecule has 0 aliphatic carbocycles. The SMILES string of the molecule is CCCC(N1CCCC1)C(N)(CC)c1ccccc1F. The molecule has 1 aromatic rings. The molecule has 2 N–H and O–H groups in total. The summed E-state index contributed by atoms with van der Waals surface area (Å²) in [4.78, 5) is 2.47. The Hall–Kier alpha value is -0.930. The molecule has 0 saturated carbocycles. The minimum absolute atomic E-state index is 0.169. The zero-order valence-corrected chi connectivity index (χ0v) is 12.7. The highest BCUT2D eigenvalue weighted by Gasteiger charge is 2.40. The summed E-state index contributed by atoms with van der Waals surface area (Å²) in [5.74, 6) is -0.169. The molecule has 2 rings (SSSR count). The molecule has 1 aliphatic heterocycles. The van der Waals surface area contributed by atoms with E-state index in [0.717, 1.165) is 32.4 Å². The summed E-state index contributed by atoms with van der Waals surface area (Å²) < 4.78 is 14.3. The van der Waals surface area contributed by atoms with E-state index in [2.05, 4.69) is 18.7 Å². The minimum atomic E-state index is -0.592. The Morgan fingerprint density at radius 2 is 1.90 bits per heavy atom. The first-order chi connectivity index (χ1) is 9.63. The van der Waals surface area contributed by atoms with Crippen molar-refractivity contribution in [2.45, 2.75) is 57.5 Å². The van der Waals surface area contributed by atoms with Gasteiger partial charge in [-0.25, -0.2) is 4.39 Å². The maximum absolute atomic E-state index is 14.3. The number of rotatable bonds is 6. The summed E-state index contributed by atoms with van der Waals surface area (Å²) in [6.45, 7) is 6.45. The lowest BCUT2D eigenvalue weighted by atomic mass is 9.78. The molecular weight excluding hydrogens is 251 g/mol. The highest BCUT2D eigenvalue weighted by atomic mass is 19.1. The molecule has 1 fully saturated rings. The standard InChI is InChI=1S/C17H27FN2/c1-3-9-16(20-12-7-8-13-20)17(19,4-2)14-10-5-6-11-15(14)18/h5-6,10-11,16H,3-4,7-9,12-13,19H2,1-2H3. The number of hydrogen-bond acceptors (Lipinski definition) is 2. The van der Waals surface area contributed by atoms with Gasteiger partial charge < -0.3 is 5.73 Å². The zero-order valence-electron chi connectivity index (χ0n) is 12.7. The van der Waals surface area contributed by atoms with Crippen molar-refractivity contribution in [3.8, 4) is 0 Å². The van der Waals surface area contributed by atoms with Crippen LogP contribution in [-0.2, 0) is 5.54 Å². The lowest BCUT2D eigenvalue weighted by Gasteiger charge is -2.42. The first-order valence-corrected chi connectivity index (χ1v) is 7.91. The van der Waals surface area contributed by atoms with Crippen LogP contribution in [0.25, 0.3) is 0 Å². The molecule has 0 aromatic heterocycles. The average molecular weight is 278 g/mol. The molecule has 1 saturated heterocycles. The van der Waals surface area contributed by atoms with Crippen molar-refractivity contribution >= 4 is 0 Å². The molecule has 0 bridgehead atoms. The average Bonchev–Trinajstić information content (AvgIpc) is 2.98. The summed E-state index contributed by atoms with van der Waals surface area (Å²) in [6.07, 6.45) is 5.33. The van der Waals surface area contributed by atoms with E-state index in [1.54, 1.807) is 6.07 Å². The van der Waals surface area contributed by atoms with Gasteiger partial charge in [0.25, 0.3) is 0 Å². The molecule has 2 atom stereocenters. The van der Waals surface area contributed by atoms with Crippen molar-refractivity contribution in [3.05, 3.63) is 35.6 Å². The van der Waals surface area contributed by atoms with Crippen molar-refractivity contribution < 1.29 is 4.39 Å². The number of benzene rings is 1. The second kappa shape index (κ2) is 6.68. The molecule has 20 heavy (non-hydrogen) atoms. The van der Waals surface area contributed by atoms with Crippen LogP contribution in [0.4, 0.5) is 4.39 Å². The predicted molar refractivity (Wildman–Crippen MR) is 82.1 cm³/mol. The third-order valence-electron chi connectivity index (χ3n) is 4.70. The Morgan fingerprint density at radius 3 is 2.45 bits per heavy atom. The van der Waals surface area contributed by atoms with Crippen LogP contribution >= 0.6 is 0 Å². The largest absolute Gasteiger partial charge is 0.320 e. The number of halogens is 1. The molecule has 112 valence electrons. The number of likely N-dealkylation sites (tertiary alicyclic amines) is 1. The molecule has 0 radical (unpaired) electrons. The van der Waals surface area contributed by atoms with Crippen LogP contribution in [0.1, 0.15) is 51.5 Å². The fraction of sp³-hybridized carbons (Fsp3) is 0.647. The van der Waals surface area contributed by atoms with Gasteiger partial charge in [-0.3, -0.25) is 4.90 Å². The van der Waals surface area contributed by atoms with Crippen molar-refractivity contribution in [2.75, 3.05) is 13.1 Å². The lowest BCUT2D eigenvalue weighted by molar-refractivity contribution is 0.128. The van der Waals surface area contributed by atoms with E-state index in [9.17, 15) is 4.39 Å². The van der Waals surface area contributed by atoms with Gasteiger partial charge in [-0.15, -0.1) is 0 Å². The fourth-order valence-corrected chi connectivity index (χ4v) is 3.54. The topological polar surface area (TPSA) is 29.3 Å². The Labute approximate surface area is 122 Å². The second-order valence-corrected chi connectivity index (χ2v) is 5.92. The van der Waals surface area contributed by atoms with E-state index in [4.69, 9.17) is 5.73 Å². The zero-order chi connectivity index (χ0) is 14.6. The van der Waals surface area contributed by atoms with Crippen LogP contribution in [0, 0.1) is 5.82 Å². The van der Waals surface area contributed by atoms with Crippen LogP contribution in [0.2, 0.25) is 0 Å². The van der Waals surface area contributed by atoms with E-state index in [-0.39, 0.29) is 11.9 Å². The quantitative estimate of drug-likeness (QED) is 0.860. The third kappa shape index (κ3) is 2.89. The maximum Gasteiger partial charge on any atom is 0.128 e. The smallest absolute Gasteiger partial charge is 0.128 e. The van der Waals surface area contributed by atoms with Gasteiger partial charge in [-0.1, -0.05) is 38.5 Å². The number of nitrogens with zero attached hydrogens (tertiary/aromatic N) is 1. The first kappa shape index (κ1) is 15.5. The summed E-state index contributed by atoms with van der Waals surface area (Å²) in [6, 6.07) is 7.25. The van der Waals surface area contributed by atoms with Crippen molar-refractivity contribution in [3.63, 3.8) is 0 Å². The Kier molecular flexibility index (Phi) is 5.17. The first-order valence-electron chi connectivity index (χ1n) is 7.91. The number of nitrogens with two attached hydrogens (primary N) is 1. The van der Waals surface area contributed by atoms with Crippen LogP contribution in [0.3, 0.4) is 0 Å². The van der Waals surface area contributed by atoms with Gasteiger partial charge in [0.15, 0.2) is 0 Å². The molecule has 2 nitrogen and oxygen atoms in total. The van der Waals surface area contributed by atoms with Crippen molar-refractivity contribution in [1.29, 1.82) is 0 Å². The van der Waals surface area contributed by atoms with E-state index in [0.29, 0.717) is 5.56 Å². The monoisotopic (exact) mass is 278 g/mol. The van der Waals surface area contributed by atoms with E-state index < -0.39 is 5.54 Å². The van der Waals surface area contributed by atoms with E-state index in [1.807, 2.05) is 12.1 Å². The summed E-state index contributed by atoms with van der Waals surface area (Å²) >= 11 is 0. The Balaban J connectivity index is 2.37. The maximum atomic E-state index is 14.3. The molecule has 3 heteroatoms. The highest BCUT2D eigenvalue weighted by molar-refractivity contribution is 5.28. The van der Waals surface area contributed by atoms with Gasteiger partial charge in [-0.05, 0) is 44.8 Å². The van der Waals surface area contributed by atoms with Gasteiger partial charge in [-0.2, -0.15) is 0 Å². The second-order valence-electron chi connectivity index (χ2n) is 5.92.